The summed E-state index contributed by atoms with van der Waals surface area (Å²) < 4.78 is 13.4. The molecule has 0 amide bonds. The lowest BCUT2D eigenvalue weighted by atomic mass is 10.0. The van der Waals surface area contributed by atoms with Crippen molar-refractivity contribution in [3.8, 4) is 0 Å². The van der Waals surface area contributed by atoms with Crippen molar-refractivity contribution in [1.29, 1.82) is 0 Å². The van der Waals surface area contributed by atoms with Crippen LogP contribution in [0.4, 0.5) is 4.39 Å². The Morgan fingerprint density at radius 2 is 1.71 bits per heavy atom. The van der Waals surface area contributed by atoms with Crippen molar-refractivity contribution in [3.63, 3.8) is 0 Å². The molecule has 0 aromatic heterocycles. The molecule has 86 valence electrons. The van der Waals surface area contributed by atoms with Gasteiger partial charge >= 0.3 is 0 Å². The fourth-order valence-electron chi connectivity index (χ4n) is 1.62. The molecule has 3 heteroatoms. The summed E-state index contributed by atoms with van der Waals surface area (Å²) in [5.41, 5.74) is 2.03. The highest BCUT2D eigenvalue weighted by atomic mass is 35.5. The van der Waals surface area contributed by atoms with Crippen LogP contribution in [-0.2, 0) is 6.42 Å². The minimum atomic E-state index is -0.484. The normalized spacial score (nSPS) is 10.2. The second kappa shape index (κ2) is 5.11. The molecule has 0 aliphatic carbocycles. The van der Waals surface area contributed by atoms with Crippen molar-refractivity contribution < 1.29 is 9.18 Å². The predicted molar refractivity (Wildman–Crippen MR) is 65.8 cm³/mol. The molecule has 1 nitrogen and oxygen atoms in total. The third-order valence-electron chi connectivity index (χ3n) is 2.53. The third kappa shape index (κ3) is 2.92. The number of carbonyl (C=O) groups excluding carboxylic acids is 1. The van der Waals surface area contributed by atoms with Gasteiger partial charge in [0.1, 0.15) is 5.82 Å². The van der Waals surface area contributed by atoms with Crippen LogP contribution in [0.2, 0.25) is 0 Å². The first-order valence-corrected chi connectivity index (χ1v) is 5.57. The van der Waals surface area contributed by atoms with Crippen LogP contribution >= 0.6 is 11.6 Å². The smallest absolute Gasteiger partial charge is 0.252 e. The molecule has 0 bridgehead atoms. The van der Waals surface area contributed by atoms with Crippen molar-refractivity contribution >= 4 is 16.8 Å². The van der Waals surface area contributed by atoms with Gasteiger partial charge in [0.2, 0.25) is 0 Å². The van der Waals surface area contributed by atoms with E-state index >= 15 is 0 Å². The first kappa shape index (κ1) is 11.8. The van der Waals surface area contributed by atoms with Crippen LogP contribution in [0, 0.1) is 5.82 Å². The number of carbonyl (C=O) groups is 1. The van der Waals surface area contributed by atoms with E-state index in [1.807, 2.05) is 0 Å². The monoisotopic (exact) mass is 248 g/mol. The van der Waals surface area contributed by atoms with Crippen molar-refractivity contribution in [1.82, 2.24) is 0 Å². The first-order valence-electron chi connectivity index (χ1n) is 5.19. The minimum Gasteiger partial charge on any atom is -0.276 e. The second-order valence-corrected chi connectivity index (χ2v) is 4.08. The number of rotatable bonds is 3. The standard InChI is InChI=1S/C14H10ClFO/c15-14(17)11-7-5-10(6-8-11)9-12-3-1-2-4-13(12)16/h1-8H,9H2. The van der Waals surface area contributed by atoms with Gasteiger partial charge in [-0.15, -0.1) is 0 Å². The molecular weight excluding hydrogens is 239 g/mol. The molecule has 0 spiro atoms. The summed E-state index contributed by atoms with van der Waals surface area (Å²) in [5, 5.41) is -0.484. The Balaban J connectivity index is 2.20. The zero-order valence-electron chi connectivity index (χ0n) is 8.99. The summed E-state index contributed by atoms with van der Waals surface area (Å²) in [7, 11) is 0. The van der Waals surface area contributed by atoms with Gasteiger partial charge in [-0.05, 0) is 40.9 Å². The van der Waals surface area contributed by atoms with Crippen LogP contribution in [0.15, 0.2) is 48.5 Å². The lowest BCUT2D eigenvalue weighted by Crippen LogP contribution is -1.94. The zero-order valence-corrected chi connectivity index (χ0v) is 9.75. The molecule has 0 atom stereocenters. The molecule has 0 saturated carbocycles. The molecule has 2 rings (SSSR count). The summed E-state index contributed by atoms with van der Waals surface area (Å²) in [5.74, 6) is -0.218. The van der Waals surface area contributed by atoms with Gasteiger partial charge in [-0.1, -0.05) is 30.3 Å². The molecule has 0 radical (unpaired) electrons. The Kier molecular flexibility index (Phi) is 3.55. The van der Waals surface area contributed by atoms with Gasteiger partial charge in [0, 0.05) is 12.0 Å². The van der Waals surface area contributed by atoms with Crippen LogP contribution in [0.5, 0.6) is 0 Å². The lowest BCUT2D eigenvalue weighted by molar-refractivity contribution is 0.108. The molecule has 0 heterocycles. The molecule has 0 unspecified atom stereocenters. The van der Waals surface area contributed by atoms with Gasteiger partial charge in [0.25, 0.3) is 5.24 Å². The van der Waals surface area contributed by atoms with Gasteiger partial charge in [-0.25, -0.2) is 4.39 Å². The van der Waals surface area contributed by atoms with E-state index in [0.717, 1.165) is 5.56 Å². The summed E-state index contributed by atoms with van der Waals surface area (Å²) in [6.07, 6.45) is 0.503. The van der Waals surface area contributed by atoms with Crippen LogP contribution < -0.4 is 0 Å². The number of halogens is 2. The summed E-state index contributed by atoms with van der Waals surface area (Å²) in [6.45, 7) is 0. The van der Waals surface area contributed by atoms with Gasteiger partial charge in [0.05, 0.1) is 0 Å². The maximum atomic E-state index is 13.4. The number of hydrogen-bond donors (Lipinski definition) is 0. The van der Waals surface area contributed by atoms with Gasteiger partial charge < -0.3 is 0 Å². The van der Waals surface area contributed by atoms with Crippen molar-refractivity contribution in [3.05, 3.63) is 71.0 Å². The van der Waals surface area contributed by atoms with Crippen LogP contribution in [-0.4, -0.2) is 5.24 Å². The summed E-state index contributed by atoms with van der Waals surface area (Å²) >= 11 is 5.34. The zero-order chi connectivity index (χ0) is 12.3. The van der Waals surface area contributed by atoms with E-state index in [1.54, 1.807) is 42.5 Å². The van der Waals surface area contributed by atoms with Crippen molar-refractivity contribution in [2.24, 2.45) is 0 Å². The van der Waals surface area contributed by atoms with Crippen LogP contribution in [0.3, 0.4) is 0 Å². The van der Waals surface area contributed by atoms with Gasteiger partial charge in [-0.3, -0.25) is 4.79 Å². The minimum absolute atomic E-state index is 0.218. The predicted octanol–water partition coefficient (Wildman–Crippen LogP) is 3.80. The third-order valence-corrected chi connectivity index (χ3v) is 2.75. The maximum absolute atomic E-state index is 13.4. The van der Waals surface area contributed by atoms with E-state index in [4.69, 9.17) is 11.6 Å². The lowest BCUT2D eigenvalue weighted by Gasteiger charge is -2.03. The topological polar surface area (TPSA) is 17.1 Å². The van der Waals surface area contributed by atoms with E-state index in [9.17, 15) is 9.18 Å². The largest absolute Gasteiger partial charge is 0.276 e. The number of hydrogen-bond acceptors (Lipinski definition) is 1. The molecule has 0 aliphatic rings. The Morgan fingerprint density at radius 1 is 1.06 bits per heavy atom. The molecule has 0 N–H and O–H groups in total. The Morgan fingerprint density at radius 3 is 2.29 bits per heavy atom. The highest BCUT2D eigenvalue weighted by Gasteiger charge is 2.04. The average molecular weight is 249 g/mol. The number of benzene rings is 2. The quantitative estimate of drug-likeness (QED) is 0.756. The fourth-order valence-corrected chi connectivity index (χ4v) is 1.74. The molecule has 0 aliphatic heterocycles. The molecular formula is C14H10ClFO. The van der Waals surface area contributed by atoms with Crippen LogP contribution in [0.1, 0.15) is 21.5 Å². The Labute approximate surface area is 104 Å². The van der Waals surface area contributed by atoms with Crippen LogP contribution in [0.25, 0.3) is 0 Å². The van der Waals surface area contributed by atoms with E-state index in [0.29, 0.717) is 17.5 Å². The van der Waals surface area contributed by atoms with E-state index in [-0.39, 0.29) is 5.82 Å². The molecule has 0 saturated heterocycles. The Hall–Kier alpha value is -1.67. The van der Waals surface area contributed by atoms with E-state index in [1.165, 1.54) is 6.07 Å². The average Bonchev–Trinajstić information content (AvgIpc) is 2.33. The SMILES string of the molecule is O=C(Cl)c1ccc(Cc2ccccc2F)cc1. The highest BCUT2D eigenvalue weighted by Crippen LogP contribution is 2.14. The van der Waals surface area contributed by atoms with E-state index in [2.05, 4.69) is 0 Å². The van der Waals surface area contributed by atoms with Gasteiger partial charge in [0.15, 0.2) is 0 Å². The molecule has 17 heavy (non-hydrogen) atoms. The highest BCUT2D eigenvalue weighted by molar-refractivity contribution is 6.67. The maximum Gasteiger partial charge on any atom is 0.252 e. The molecule has 2 aromatic rings. The Bertz CT molecular complexity index is 534. The molecule has 2 aromatic carbocycles. The first-order chi connectivity index (χ1) is 8.16. The fraction of sp³-hybridized carbons (Fsp3) is 0.0714. The van der Waals surface area contributed by atoms with E-state index < -0.39 is 5.24 Å². The van der Waals surface area contributed by atoms with Crippen molar-refractivity contribution in [2.75, 3.05) is 0 Å². The van der Waals surface area contributed by atoms with Gasteiger partial charge in [-0.2, -0.15) is 0 Å². The second-order valence-electron chi connectivity index (χ2n) is 3.74. The summed E-state index contributed by atoms with van der Waals surface area (Å²) in [6, 6.07) is 13.5. The molecule has 0 fully saturated rings. The summed E-state index contributed by atoms with van der Waals surface area (Å²) in [4.78, 5) is 10.9. The van der Waals surface area contributed by atoms with Crippen molar-refractivity contribution in [2.45, 2.75) is 6.42 Å².